The molecule has 4 rings (SSSR count). The smallest absolute Gasteiger partial charge is 0.292 e. The van der Waals surface area contributed by atoms with Gasteiger partial charge < -0.3 is 10.6 Å². The molecule has 0 atom stereocenters. The monoisotopic (exact) mass is 413 g/mol. The number of carbonyl (C=O) groups is 1. The summed E-state index contributed by atoms with van der Waals surface area (Å²) in [6.07, 6.45) is 3.39. The molecule has 31 heavy (non-hydrogen) atoms. The van der Waals surface area contributed by atoms with E-state index in [-0.39, 0.29) is 11.6 Å². The first-order chi connectivity index (χ1) is 15.1. The highest BCUT2D eigenvalue weighted by molar-refractivity contribution is 6.07. The molecule has 2 N–H and O–H groups in total. The summed E-state index contributed by atoms with van der Waals surface area (Å²) < 4.78 is 0. The Morgan fingerprint density at radius 2 is 1.81 bits per heavy atom. The van der Waals surface area contributed by atoms with Crippen molar-refractivity contribution in [1.82, 2.24) is 15.3 Å². The van der Waals surface area contributed by atoms with Crippen molar-refractivity contribution in [2.45, 2.75) is 0 Å². The van der Waals surface area contributed by atoms with Crippen LogP contribution >= 0.6 is 0 Å². The Hall–Kier alpha value is -4.33. The lowest BCUT2D eigenvalue weighted by atomic mass is 10.0. The molecule has 0 radical (unpaired) electrons. The van der Waals surface area contributed by atoms with Gasteiger partial charge in [0.05, 0.1) is 21.7 Å². The number of aromatic nitrogens is 2. The molecule has 0 spiro atoms. The van der Waals surface area contributed by atoms with Gasteiger partial charge in [0.15, 0.2) is 0 Å². The molecule has 2 heterocycles. The Balaban J connectivity index is 1.51. The van der Waals surface area contributed by atoms with Gasteiger partial charge in [-0.05, 0) is 30.3 Å². The molecule has 0 aliphatic rings. The second-order valence-electron chi connectivity index (χ2n) is 6.77. The number of para-hydroxylation sites is 3. The second kappa shape index (κ2) is 9.00. The number of nitrogens with zero attached hydrogens (tertiary/aromatic N) is 3. The van der Waals surface area contributed by atoms with E-state index < -0.39 is 4.92 Å². The van der Waals surface area contributed by atoms with Gasteiger partial charge in [-0.3, -0.25) is 19.9 Å². The van der Waals surface area contributed by atoms with Crippen molar-refractivity contribution >= 4 is 28.2 Å². The van der Waals surface area contributed by atoms with Crippen molar-refractivity contribution in [3.05, 3.63) is 94.8 Å². The zero-order valence-corrected chi connectivity index (χ0v) is 16.5. The average Bonchev–Trinajstić information content (AvgIpc) is 2.81. The van der Waals surface area contributed by atoms with Gasteiger partial charge in [-0.1, -0.05) is 30.3 Å². The van der Waals surface area contributed by atoms with Gasteiger partial charge in [-0.15, -0.1) is 0 Å². The highest BCUT2D eigenvalue weighted by Gasteiger charge is 2.15. The number of benzene rings is 2. The van der Waals surface area contributed by atoms with Crippen molar-refractivity contribution in [2.75, 3.05) is 18.4 Å². The fourth-order valence-corrected chi connectivity index (χ4v) is 3.28. The zero-order valence-electron chi connectivity index (χ0n) is 16.5. The molecule has 8 nitrogen and oxygen atoms in total. The van der Waals surface area contributed by atoms with Crippen molar-refractivity contribution in [3.8, 4) is 11.3 Å². The number of carbonyl (C=O) groups excluding carboxylic acids is 1. The Morgan fingerprint density at radius 1 is 1.00 bits per heavy atom. The lowest BCUT2D eigenvalue weighted by Gasteiger charge is -2.11. The van der Waals surface area contributed by atoms with Gasteiger partial charge in [0.1, 0.15) is 5.69 Å². The maximum Gasteiger partial charge on any atom is 0.292 e. The van der Waals surface area contributed by atoms with Crippen LogP contribution in [-0.4, -0.2) is 33.9 Å². The van der Waals surface area contributed by atoms with Crippen molar-refractivity contribution in [3.63, 3.8) is 0 Å². The van der Waals surface area contributed by atoms with Crippen LogP contribution in [0, 0.1) is 10.1 Å². The van der Waals surface area contributed by atoms with Crippen LogP contribution in [-0.2, 0) is 0 Å². The van der Waals surface area contributed by atoms with E-state index in [2.05, 4.69) is 20.6 Å². The normalized spacial score (nSPS) is 10.6. The van der Waals surface area contributed by atoms with E-state index in [0.29, 0.717) is 35.6 Å². The molecule has 2 aromatic carbocycles. The molecule has 0 saturated heterocycles. The zero-order chi connectivity index (χ0) is 21.6. The Labute approximate surface area is 178 Å². The third-order valence-corrected chi connectivity index (χ3v) is 4.74. The van der Waals surface area contributed by atoms with Crippen LogP contribution in [0.3, 0.4) is 0 Å². The number of nitro groups is 1. The third-order valence-electron chi connectivity index (χ3n) is 4.74. The summed E-state index contributed by atoms with van der Waals surface area (Å²) >= 11 is 0. The van der Waals surface area contributed by atoms with Gasteiger partial charge in [0.25, 0.3) is 11.6 Å². The molecular weight excluding hydrogens is 394 g/mol. The highest BCUT2D eigenvalue weighted by Crippen LogP contribution is 2.25. The van der Waals surface area contributed by atoms with E-state index in [4.69, 9.17) is 0 Å². The third kappa shape index (κ3) is 4.48. The van der Waals surface area contributed by atoms with Crippen LogP contribution in [0.2, 0.25) is 0 Å². The first kappa shape index (κ1) is 20.0. The molecule has 0 unspecified atom stereocenters. The fourth-order valence-electron chi connectivity index (χ4n) is 3.28. The lowest BCUT2D eigenvalue weighted by Crippen LogP contribution is -2.29. The number of nitro benzene ring substituents is 1. The number of pyridine rings is 2. The lowest BCUT2D eigenvalue weighted by molar-refractivity contribution is -0.384. The topological polar surface area (TPSA) is 110 Å². The summed E-state index contributed by atoms with van der Waals surface area (Å²) in [6.45, 7) is 0.638. The van der Waals surface area contributed by atoms with Crippen LogP contribution in [0.1, 0.15) is 10.4 Å². The first-order valence-corrected chi connectivity index (χ1v) is 9.69. The summed E-state index contributed by atoms with van der Waals surface area (Å²) in [6, 6.07) is 19.3. The van der Waals surface area contributed by atoms with Gasteiger partial charge in [0.2, 0.25) is 0 Å². The summed E-state index contributed by atoms with van der Waals surface area (Å²) in [7, 11) is 0. The molecule has 0 fully saturated rings. The van der Waals surface area contributed by atoms with E-state index >= 15 is 0 Å². The maximum atomic E-state index is 12.9. The van der Waals surface area contributed by atoms with E-state index in [1.54, 1.807) is 36.7 Å². The van der Waals surface area contributed by atoms with Gasteiger partial charge in [-0.25, -0.2) is 4.98 Å². The molecule has 2 aromatic heterocycles. The molecule has 0 aliphatic carbocycles. The second-order valence-corrected chi connectivity index (χ2v) is 6.77. The van der Waals surface area contributed by atoms with Gasteiger partial charge in [-0.2, -0.15) is 0 Å². The van der Waals surface area contributed by atoms with Crippen LogP contribution < -0.4 is 10.6 Å². The maximum absolute atomic E-state index is 12.9. The fraction of sp³-hybridized carbons (Fsp3) is 0.0870. The Morgan fingerprint density at radius 3 is 2.61 bits per heavy atom. The van der Waals surface area contributed by atoms with Crippen molar-refractivity contribution in [2.24, 2.45) is 0 Å². The quantitative estimate of drug-likeness (QED) is 0.269. The molecule has 0 aliphatic heterocycles. The van der Waals surface area contributed by atoms with Gasteiger partial charge in [0, 0.05) is 42.5 Å². The van der Waals surface area contributed by atoms with E-state index in [1.807, 2.05) is 36.4 Å². The van der Waals surface area contributed by atoms with E-state index in [0.717, 1.165) is 10.9 Å². The average molecular weight is 413 g/mol. The van der Waals surface area contributed by atoms with Crippen LogP contribution in [0.5, 0.6) is 0 Å². The standard InChI is InChI=1S/C23H19N5O3/c29-23(26-13-12-25-20-9-3-4-10-22(20)28(30)31)18-14-21(16-6-5-11-24-15-16)27-19-8-2-1-7-17(18)19/h1-11,14-15,25H,12-13H2,(H,26,29). The minimum atomic E-state index is -0.440. The number of hydrogen-bond acceptors (Lipinski definition) is 6. The number of amides is 1. The number of hydrogen-bond donors (Lipinski definition) is 2. The number of fused-ring (bicyclic) bond motifs is 1. The number of anilines is 1. The summed E-state index contributed by atoms with van der Waals surface area (Å²) in [5.74, 6) is -0.242. The largest absolute Gasteiger partial charge is 0.378 e. The minimum Gasteiger partial charge on any atom is -0.378 e. The van der Waals surface area contributed by atoms with E-state index in [1.165, 1.54) is 6.07 Å². The molecule has 0 bridgehead atoms. The summed E-state index contributed by atoms with van der Waals surface area (Å²) in [5, 5.41) is 17.7. The molecule has 1 amide bonds. The number of nitrogens with one attached hydrogen (secondary N) is 2. The first-order valence-electron chi connectivity index (χ1n) is 9.69. The number of rotatable bonds is 7. The van der Waals surface area contributed by atoms with Crippen molar-refractivity contribution in [1.29, 1.82) is 0 Å². The van der Waals surface area contributed by atoms with Crippen LogP contribution in [0.4, 0.5) is 11.4 Å². The molecule has 0 saturated carbocycles. The van der Waals surface area contributed by atoms with Crippen LogP contribution in [0.15, 0.2) is 79.1 Å². The summed E-state index contributed by atoms with van der Waals surface area (Å²) in [4.78, 5) is 32.4. The van der Waals surface area contributed by atoms with Crippen LogP contribution in [0.25, 0.3) is 22.2 Å². The Kier molecular flexibility index (Phi) is 5.79. The minimum absolute atomic E-state index is 0.00457. The highest BCUT2D eigenvalue weighted by atomic mass is 16.6. The van der Waals surface area contributed by atoms with Crippen molar-refractivity contribution < 1.29 is 9.72 Å². The molecule has 8 heteroatoms. The SMILES string of the molecule is O=C(NCCNc1ccccc1[N+](=O)[O-])c1cc(-c2cccnc2)nc2ccccc12. The molecular formula is C23H19N5O3. The predicted molar refractivity (Wildman–Crippen MR) is 119 cm³/mol. The predicted octanol–water partition coefficient (Wildman–Crippen LogP) is 4.05. The molecule has 4 aromatic rings. The van der Waals surface area contributed by atoms with E-state index in [9.17, 15) is 14.9 Å². The Bertz CT molecular complexity index is 1240. The molecule has 154 valence electrons. The summed E-state index contributed by atoms with van der Waals surface area (Å²) in [5.41, 5.74) is 3.11. The van der Waals surface area contributed by atoms with Gasteiger partial charge >= 0.3 is 0 Å².